The molecule has 0 amide bonds. The second kappa shape index (κ2) is 34.8. The van der Waals surface area contributed by atoms with Gasteiger partial charge < -0.3 is 18.9 Å². The fraction of sp³-hybridized carbons (Fsp3) is 0.364. The van der Waals surface area contributed by atoms with Crippen LogP contribution in [0.4, 0.5) is 26.3 Å². The molecule has 0 N–H and O–H groups in total. The van der Waals surface area contributed by atoms with E-state index in [0.29, 0.717) is 25.0 Å². The first-order valence-electron chi connectivity index (χ1n) is 29.6. The van der Waals surface area contributed by atoms with Crippen LogP contribution in [-0.2, 0) is 82.0 Å². The molecule has 20 nitrogen and oxygen atoms in total. The average Bonchev–Trinajstić information content (AvgIpc) is 1.01. The number of hydrogen-bond acceptors (Lipinski definition) is 20. The highest BCUT2D eigenvalue weighted by atomic mass is 32.2. The lowest BCUT2D eigenvalue weighted by atomic mass is 9.89. The summed E-state index contributed by atoms with van der Waals surface area (Å²) >= 11 is 2.59. The van der Waals surface area contributed by atoms with Crippen LogP contribution in [0.3, 0.4) is 0 Å². The van der Waals surface area contributed by atoms with E-state index in [1.807, 2.05) is 12.1 Å². The molecule has 2 aromatic heterocycles. The molecule has 0 radical (unpaired) electrons. The predicted molar refractivity (Wildman–Crippen MR) is 329 cm³/mol. The Morgan fingerprint density at radius 2 is 1.01 bits per heavy atom. The van der Waals surface area contributed by atoms with Crippen LogP contribution in [-0.4, -0.2) is 113 Å². The smallest absolute Gasteiger partial charge is 0.306 e. The molecule has 4 aromatic carbocycles. The molecule has 0 bridgehead atoms. The van der Waals surface area contributed by atoms with Gasteiger partial charge in [0.2, 0.25) is 0 Å². The topological polar surface area (TPSA) is 251 Å². The summed E-state index contributed by atoms with van der Waals surface area (Å²) in [6.07, 6.45) is 16.0. The molecule has 0 aliphatic carbocycles. The van der Waals surface area contributed by atoms with Crippen molar-refractivity contribution in [3.63, 3.8) is 0 Å². The Morgan fingerprint density at radius 1 is 0.585 bits per heavy atom. The van der Waals surface area contributed by atoms with Crippen molar-refractivity contribution in [2.75, 3.05) is 26.4 Å². The minimum absolute atomic E-state index is 0.0635. The normalized spacial score (nSPS) is 18.7. The third kappa shape index (κ3) is 20.3. The van der Waals surface area contributed by atoms with Crippen molar-refractivity contribution in [3.05, 3.63) is 203 Å². The first-order valence-corrected chi connectivity index (χ1v) is 31.5. The number of nitriles is 2. The van der Waals surface area contributed by atoms with E-state index in [-0.39, 0.29) is 109 Å². The number of thioether (sulfide) groups is 2. The number of allylic oxidation sites excluding steroid dienone is 4. The summed E-state index contributed by atoms with van der Waals surface area (Å²) in [5.74, 6) is -8.14. The molecule has 94 heavy (non-hydrogen) atoms. The van der Waals surface area contributed by atoms with Crippen molar-refractivity contribution in [2.45, 2.75) is 123 Å². The van der Waals surface area contributed by atoms with Crippen molar-refractivity contribution >= 4 is 59.6 Å². The molecule has 0 saturated carbocycles. The molecule has 0 unspecified atom stereocenters. The Labute approximate surface area is 545 Å². The predicted octanol–water partition coefficient (Wildman–Crippen LogP) is 11.4. The maximum absolute atomic E-state index is 16.0. The molecule has 6 aromatic rings. The summed E-state index contributed by atoms with van der Waals surface area (Å²) in [5, 5.41) is 24.2. The maximum Gasteiger partial charge on any atom is 0.306 e. The standard InChI is InChI=1S/C66H64F6N8O12S2/c1-43(93-53-31-51(91-87-35-53)11-5-3-9-47-17-15-45(33-73)27-57(47)69)65(37-79-41-75-39-77-79,55-21-19-49(67)29-59(55)71)89-63(83)13-7-25-85-61(81)23-24-62(82)86-26-8-14-64(84)90-66(38-80-42-76-40-78-80,56-22-20-50(68)30-60(56)72)44(2)94-54-32-52(92-88-36-54)12-6-4-10-48-18-16-46(34-74)28-58(48)70/h3-6,9-12,15-22,27-30,39-44,51-54H,7-8,13-14,23-26,31-32,35-38H2,1-2H3/b9-3+,10-4+,11-5+,12-6+/t43-,44-,51+,52+,53-,54-,65-,66-/m1/s1. The van der Waals surface area contributed by atoms with E-state index < -0.39 is 106 Å². The van der Waals surface area contributed by atoms with Crippen molar-refractivity contribution in [1.82, 2.24) is 29.5 Å². The van der Waals surface area contributed by atoms with Gasteiger partial charge in [-0.3, -0.25) is 19.2 Å². The van der Waals surface area contributed by atoms with Gasteiger partial charge in [0.1, 0.15) is 72.4 Å². The van der Waals surface area contributed by atoms with Crippen LogP contribution in [0.5, 0.6) is 0 Å². The van der Waals surface area contributed by atoms with Crippen molar-refractivity contribution in [1.29, 1.82) is 10.5 Å². The maximum atomic E-state index is 16.0. The number of hydrogen-bond donors (Lipinski definition) is 0. The Hall–Kier alpha value is -8.90. The van der Waals surface area contributed by atoms with E-state index in [2.05, 4.69) is 20.2 Å². The molecule has 2 aliphatic heterocycles. The van der Waals surface area contributed by atoms with Crippen LogP contribution < -0.4 is 0 Å². The van der Waals surface area contributed by atoms with Gasteiger partial charge in [0.15, 0.2) is 11.2 Å². The molecule has 2 fully saturated rings. The Morgan fingerprint density at radius 3 is 1.38 bits per heavy atom. The van der Waals surface area contributed by atoms with Crippen LogP contribution in [0, 0.1) is 57.6 Å². The lowest BCUT2D eigenvalue weighted by molar-refractivity contribution is -0.331. The van der Waals surface area contributed by atoms with Crippen LogP contribution in [0.1, 0.15) is 98.6 Å². The highest BCUT2D eigenvalue weighted by Crippen LogP contribution is 2.45. The van der Waals surface area contributed by atoms with Gasteiger partial charge in [-0.1, -0.05) is 60.7 Å². The molecular weight excluding hydrogens is 1270 g/mol. The fourth-order valence-electron chi connectivity index (χ4n) is 10.1. The van der Waals surface area contributed by atoms with E-state index in [0.717, 1.165) is 24.3 Å². The van der Waals surface area contributed by atoms with E-state index in [4.69, 9.17) is 49.0 Å². The van der Waals surface area contributed by atoms with Crippen molar-refractivity contribution in [2.24, 2.45) is 0 Å². The molecular formula is C66H64F6N8O12S2. The first kappa shape index (κ1) is 71.0. The number of ether oxygens (including phenoxy) is 4. The SMILES string of the molecule is C[C@@H](S[C@H]1COO[C@@H](/C=C/C=C/c2ccc(C#N)cc2F)C1)[C@@](Cn1cncn1)(OC(=O)CCCOC(=O)CCC(=O)OCCCC(=O)O[C@@](Cn1cncn1)(c1ccc(F)cc1F)[C@@H](C)S[C@H]1COO[C@@H](/C=C/C=C/c2ccc(C#N)cc2F)C1)c1ccc(F)cc1F. The average molecular weight is 1340 g/mol. The second-order valence-electron chi connectivity index (χ2n) is 21.6. The molecule has 0 spiro atoms. The summed E-state index contributed by atoms with van der Waals surface area (Å²) in [5.41, 5.74) is -3.11. The lowest BCUT2D eigenvalue weighted by Crippen LogP contribution is -2.47. The Balaban J connectivity index is 0.819. The molecule has 4 heterocycles. The van der Waals surface area contributed by atoms with Gasteiger partial charge in [-0.15, -0.1) is 23.5 Å². The third-order valence-electron chi connectivity index (χ3n) is 14.9. The molecule has 8 rings (SSSR count). The summed E-state index contributed by atoms with van der Waals surface area (Å²) in [7, 11) is 0. The number of carbonyl (C=O) groups is 4. The highest BCUT2D eigenvalue weighted by molar-refractivity contribution is 8.00. The van der Waals surface area contributed by atoms with Gasteiger partial charge in [-0.25, -0.2) is 65.2 Å². The summed E-state index contributed by atoms with van der Waals surface area (Å²) in [6, 6.07) is 17.8. The van der Waals surface area contributed by atoms with E-state index in [1.165, 1.54) is 107 Å². The monoisotopic (exact) mass is 1340 g/mol. The molecule has 2 aliphatic rings. The lowest BCUT2D eigenvalue weighted by Gasteiger charge is -2.40. The zero-order valence-electron chi connectivity index (χ0n) is 50.8. The van der Waals surface area contributed by atoms with Crippen LogP contribution in [0.2, 0.25) is 0 Å². The van der Waals surface area contributed by atoms with Gasteiger partial charge in [0.05, 0.1) is 75.6 Å². The summed E-state index contributed by atoms with van der Waals surface area (Å²) < 4.78 is 116. The number of esters is 4. The molecule has 494 valence electrons. The molecule has 2 saturated heterocycles. The third-order valence-corrected chi connectivity index (χ3v) is 17.9. The molecule has 8 atom stereocenters. The van der Waals surface area contributed by atoms with Gasteiger partial charge in [0, 0.05) is 68.2 Å². The first-order chi connectivity index (χ1) is 45.3. The van der Waals surface area contributed by atoms with Gasteiger partial charge >= 0.3 is 23.9 Å². The van der Waals surface area contributed by atoms with Crippen LogP contribution in [0.25, 0.3) is 12.2 Å². The quantitative estimate of drug-likeness (QED) is 0.00979. The Bertz CT molecular complexity index is 3540. The minimum atomic E-state index is -1.85. The number of carbonyl (C=O) groups excluding carboxylic acids is 4. The van der Waals surface area contributed by atoms with Crippen LogP contribution >= 0.6 is 23.5 Å². The summed E-state index contributed by atoms with van der Waals surface area (Å²) in [4.78, 5) is 83.3. The number of rotatable bonds is 31. The number of benzene rings is 4. The summed E-state index contributed by atoms with van der Waals surface area (Å²) in [6.45, 7) is 2.48. The van der Waals surface area contributed by atoms with E-state index in [9.17, 15) is 36.7 Å². The second-order valence-corrected chi connectivity index (χ2v) is 24.9. The number of halogens is 6. The molecule has 28 heteroatoms. The van der Waals surface area contributed by atoms with Gasteiger partial charge in [-0.2, -0.15) is 20.7 Å². The van der Waals surface area contributed by atoms with Gasteiger partial charge in [0.25, 0.3) is 0 Å². The zero-order chi connectivity index (χ0) is 67.0. The van der Waals surface area contributed by atoms with Crippen molar-refractivity contribution in [3.8, 4) is 12.1 Å². The van der Waals surface area contributed by atoms with E-state index in [1.54, 1.807) is 50.3 Å². The fourth-order valence-corrected chi connectivity index (χ4v) is 13.1. The minimum Gasteiger partial charge on any atom is -0.466 e. The Kier molecular flexibility index (Phi) is 26.3. The highest BCUT2D eigenvalue weighted by Gasteiger charge is 2.48. The number of aromatic nitrogens is 6. The number of nitrogens with zero attached hydrogens (tertiary/aromatic N) is 8. The van der Waals surface area contributed by atoms with Crippen molar-refractivity contribution < 1.29 is 84.0 Å². The van der Waals surface area contributed by atoms with Crippen LogP contribution in [0.15, 0.2) is 135 Å². The van der Waals surface area contributed by atoms with Gasteiger partial charge in [-0.05, 0) is 88.1 Å². The zero-order valence-corrected chi connectivity index (χ0v) is 52.4. The largest absolute Gasteiger partial charge is 0.466 e. The van der Waals surface area contributed by atoms with E-state index >= 15 is 8.78 Å².